The van der Waals surface area contributed by atoms with E-state index in [9.17, 15) is 0 Å². The molecule has 0 saturated heterocycles. The van der Waals surface area contributed by atoms with Crippen LogP contribution in [0.4, 0.5) is 0 Å². The second kappa shape index (κ2) is 22.8. The lowest BCUT2D eigenvalue weighted by molar-refractivity contribution is -0.870. The highest BCUT2D eigenvalue weighted by Crippen LogP contribution is 2.22. The van der Waals surface area contributed by atoms with Crippen molar-refractivity contribution in [3.05, 3.63) is 0 Å². The zero-order valence-electron chi connectivity index (χ0n) is 26.0. The van der Waals surface area contributed by atoms with E-state index in [4.69, 9.17) is 18.9 Å². The largest absolute Gasteiger partial charge is 0.379 e. The fourth-order valence-corrected chi connectivity index (χ4v) is 4.39. The van der Waals surface area contributed by atoms with Crippen LogP contribution in [-0.4, -0.2) is 85.0 Å². The van der Waals surface area contributed by atoms with Crippen molar-refractivity contribution in [1.82, 2.24) is 0 Å². The molecule has 0 spiro atoms. The van der Waals surface area contributed by atoms with E-state index in [0.717, 1.165) is 54.3 Å². The van der Waals surface area contributed by atoms with Crippen molar-refractivity contribution in [2.75, 3.05) is 74.4 Å². The van der Waals surface area contributed by atoms with Gasteiger partial charge >= 0.3 is 0 Å². The normalized spacial score (nSPS) is 15.8. The number of hydrogen-bond acceptors (Lipinski definition) is 4. The van der Waals surface area contributed by atoms with Crippen molar-refractivity contribution in [3.8, 4) is 0 Å². The van der Waals surface area contributed by atoms with Crippen LogP contribution in [0.2, 0.25) is 0 Å². The molecule has 218 valence electrons. The highest BCUT2D eigenvalue weighted by Gasteiger charge is 2.11. The Labute approximate surface area is 226 Å². The predicted molar refractivity (Wildman–Crippen MR) is 155 cm³/mol. The summed E-state index contributed by atoms with van der Waals surface area (Å²) in [6.45, 7) is 16.9. The van der Waals surface area contributed by atoms with Gasteiger partial charge in [0.2, 0.25) is 0 Å². The molecule has 0 amide bonds. The number of quaternary nitrogens is 1. The molecule has 36 heavy (non-hydrogen) atoms. The van der Waals surface area contributed by atoms with Crippen LogP contribution in [0.3, 0.4) is 0 Å². The molecule has 4 atom stereocenters. The summed E-state index contributed by atoms with van der Waals surface area (Å²) in [5, 5.41) is 0. The monoisotopic (exact) mass is 516 g/mol. The molecule has 0 bridgehead atoms. The molecule has 0 aliphatic heterocycles. The highest BCUT2D eigenvalue weighted by atomic mass is 16.6. The molecule has 0 aromatic rings. The summed E-state index contributed by atoms with van der Waals surface area (Å²) in [6, 6.07) is 0. The Balaban J connectivity index is 3.64. The van der Waals surface area contributed by atoms with Gasteiger partial charge in [0.25, 0.3) is 0 Å². The Bertz CT molecular complexity index is 466. The molecule has 0 aromatic carbocycles. The van der Waals surface area contributed by atoms with Crippen LogP contribution in [0.15, 0.2) is 0 Å². The van der Waals surface area contributed by atoms with Gasteiger partial charge in [-0.15, -0.1) is 0 Å². The number of methoxy groups -OCH3 is 1. The van der Waals surface area contributed by atoms with Crippen molar-refractivity contribution < 1.29 is 23.4 Å². The smallest absolute Gasteiger partial charge is 0.104 e. The summed E-state index contributed by atoms with van der Waals surface area (Å²) in [7, 11) is 8.24. The summed E-state index contributed by atoms with van der Waals surface area (Å²) in [6.07, 6.45) is 13.6. The zero-order valence-corrected chi connectivity index (χ0v) is 26.0. The van der Waals surface area contributed by atoms with E-state index in [-0.39, 0.29) is 6.10 Å². The van der Waals surface area contributed by atoms with Crippen LogP contribution >= 0.6 is 0 Å². The van der Waals surface area contributed by atoms with Crippen molar-refractivity contribution in [1.29, 1.82) is 0 Å². The van der Waals surface area contributed by atoms with Crippen molar-refractivity contribution >= 4 is 0 Å². The van der Waals surface area contributed by atoms with E-state index in [1.54, 1.807) is 7.11 Å². The summed E-state index contributed by atoms with van der Waals surface area (Å²) < 4.78 is 23.7. The minimum atomic E-state index is -0.00896. The Morgan fingerprint density at radius 2 is 0.972 bits per heavy atom. The quantitative estimate of drug-likeness (QED) is 0.0898. The van der Waals surface area contributed by atoms with Crippen LogP contribution in [0.25, 0.3) is 0 Å². The third-order valence-corrected chi connectivity index (χ3v) is 7.24. The Morgan fingerprint density at radius 1 is 0.528 bits per heavy atom. The first-order valence-corrected chi connectivity index (χ1v) is 15.1. The molecule has 0 rings (SSSR count). The predicted octanol–water partition coefficient (Wildman–Crippen LogP) is 7.22. The van der Waals surface area contributed by atoms with Crippen LogP contribution < -0.4 is 0 Å². The first-order chi connectivity index (χ1) is 17.0. The molecule has 0 heterocycles. The Morgan fingerprint density at radius 3 is 1.44 bits per heavy atom. The van der Waals surface area contributed by atoms with E-state index in [1.165, 1.54) is 57.8 Å². The molecule has 0 radical (unpaired) electrons. The van der Waals surface area contributed by atoms with Crippen molar-refractivity contribution in [3.63, 3.8) is 0 Å². The van der Waals surface area contributed by atoms with Gasteiger partial charge in [0.05, 0.1) is 54.2 Å². The number of nitrogens with zero attached hydrogens (tertiary/aromatic N) is 1. The van der Waals surface area contributed by atoms with Gasteiger partial charge in [0, 0.05) is 13.7 Å². The second-order valence-corrected chi connectivity index (χ2v) is 12.9. The second-order valence-electron chi connectivity index (χ2n) is 12.9. The molecule has 0 fully saturated rings. The zero-order chi connectivity index (χ0) is 27.2. The average Bonchev–Trinajstić information content (AvgIpc) is 2.78. The summed E-state index contributed by atoms with van der Waals surface area (Å²) in [5.41, 5.74) is 0. The van der Waals surface area contributed by atoms with Gasteiger partial charge in [0.15, 0.2) is 0 Å². The molecule has 0 aromatic heterocycles. The van der Waals surface area contributed by atoms with Gasteiger partial charge in [-0.25, -0.2) is 0 Å². The van der Waals surface area contributed by atoms with E-state index in [1.807, 2.05) is 0 Å². The van der Waals surface area contributed by atoms with E-state index < -0.39 is 0 Å². The molecule has 0 N–H and O–H groups in total. The Kier molecular flexibility index (Phi) is 22.6. The first kappa shape index (κ1) is 35.8. The first-order valence-electron chi connectivity index (χ1n) is 15.1. The molecule has 4 unspecified atom stereocenters. The van der Waals surface area contributed by atoms with Crippen LogP contribution in [-0.2, 0) is 18.9 Å². The molecule has 0 aliphatic rings. The van der Waals surface area contributed by atoms with Gasteiger partial charge in [-0.2, -0.15) is 0 Å². The SMILES string of the molecule is COC(COCCOCC[N+](C)(C)C)COCCC(C)CCCC(C)CCCC(C)CCCC(C)C. The van der Waals surface area contributed by atoms with Gasteiger partial charge in [-0.1, -0.05) is 92.4 Å². The number of rotatable bonds is 26. The van der Waals surface area contributed by atoms with E-state index in [2.05, 4.69) is 55.8 Å². The maximum atomic E-state index is 5.90. The standard InChI is InChI=1S/C31H66NO4/c1-27(2)13-10-14-28(3)15-11-16-29(4)17-12-18-30(5)19-21-35-25-31(33-9)26-36-24-23-34-22-20-32(6,7)8/h27-31H,10-26H2,1-9H3/q+1. The summed E-state index contributed by atoms with van der Waals surface area (Å²) >= 11 is 0. The minimum Gasteiger partial charge on any atom is -0.379 e. The number of likely N-dealkylation sites (N-methyl/N-ethyl adjacent to an activating group) is 1. The number of ether oxygens (including phenoxy) is 4. The molecule has 5 nitrogen and oxygen atoms in total. The summed E-state index contributed by atoms with van der Waals surface area (Å²) in [5.74, 6) is 3.34. The van der Waals surface area contributed by atoms with Crippen molar-refractivity contribution in [2.45, 2.75) is 105 Å². The maximum absolute atomic E-state index is 5.90. The molecular formula is C31H66NO4+. The minimum absolute atomic E-state index is 0.00896. The fraction of sp³-hybridized carbons (Fsp3) is 1.00. The van der Waals surface area contributed by atoms with Crippen LogP contribution in [0.1, 0.15) is 98.8 Å². The van der Waals surface area contributed by atoms with Crippen LogP contribution in [0, 0.1) is 23.7 Å². The van der Waals surface area contributed by atoms with E-state index >= 15 is 0 Å². The molecule has 0 aliphatic carbocycles. The van der Waals surface area contributed by atoms with Gasteiger partial charge in [-0.3, -0.25) is 0 Å². The van der Waals surface area contributed by atoms with Gasteiger partial charge in [0.1, 0.15) is 12.6 Å². The number of hydrogen-bond donors (Lipinski definition) is 0. The van der Waals surface area contributed by atoms with E-state index in [0.29, 0.717) is 26.4 Å². The van der Waals surface area contributed by atoms with Gasteiger partial charge < -0.3 is 23.4 Å². The highest BCUT2D eigenvalue weighted by molar-refractivity contribution is 4.61. The lowest BCUT2D eigenvalue weighted by Crippen LogP contribution is -2.37. The Hall–Kier alpha value is -0.200. The van der Waals surface area contributed by atoms with Gasteiger partial charge in [-0.05, 0) is 30.1 Å². The molecule has 0 saturated carbocycles. The average molecular weight is 517 g/mol. The third-order valence-electron chi connectivity index (χ3n) is 7.24. The molecular weight excluding hydrogens is 450 g/mol. The third kappa shape index (κ3) is 25.4. The topological polar surface area (TPSA) is 36.9 Å². The lowest BCUT2D eigenvalue weighted by atomic mass is 9.91. The maximum Gasteiger partial charge on any atom is 0.104 e. The molecule has 5 heteroatoms. The van der Waals surface area contributed by atoms with Crippen LogP contribution in [0.5, 0.6) is 0 Å². The van der Waals surface area contributed by atoms with Crippen molar-refractivity contribution in [2.24, 2.45) is 23.7 Å². The summed E-state index contributed by atoms with van der Waals surface area (Å²) in [4.78, 5) is 0. The fourth-order valence-electron chi connectivity index (χ4n) is 4.39. The lowest BCUT2D eigenvalue weighted by Gasteiger charge is -2.23.